The lowest BCUT2D eigenvalue weighted by atomic mass is 10.2. The summed E-state index contributed by atoms with van der Waals surface area (Å²) in [6.07, 6.45) is 0. The first kappa shape index (κ1) is 14.0. The van der Waals surface area contributed by atoms with E-state index in [1.165, 1.54) is 17.4 Å². The van der Waals surface area contributed by atoms with E-state index >= 15 is 0 Å². The van der Waals surface area contributed by atoms with E-state index in [9.17, 15) is 9.18 Å². The molecule has 3 aromatic rings. The predicted octanol–water partition coefficient (Wildman–Crippen LogP) is 5.25. The Morgan fingerprint density at radius 3 is 2.76 bits per heavy atom. The van der Waals surface area contributed by atoms with E-state index in [2.05, 4.69) is 5.32 Å². The number of carbonyl (C=O) groups is 1. The van der Waals surface area contributed by atoms with Crippen LogP contribution in [-0.4, -0.2) is 5.91 Å². The molecular weight excluding hydrogens is 309 g/mol. The van der Waals surface area contributed by atoms with Gasteiger partial charge in [-0.25, -0.2) is 4.39 Å². The van der Waals surface area contributed by atoms with Crippen LogP contribution in [0.25, 0.3) is 10.1 Å². The number of aryl methyl sites for hydroxylation is 1. The molecule has 0 fully saturated rings. The number of nitrogens with one attached hydrogen (secondary N) is 1. The van der Waals surface area contributed by atoms with E-state index in [4.69, 9.17) is 11.6 Å². The van der Waals surface area contributed by atoms with Crippen LogP contribution >= 0.6 is 22.9 Å². The number of amides is 1. The van der Waals surface area contributed by atoms with Crippen molar-refractivity contribution in [2.24, 2.45) is 0 Å². The molecule has 0 unspecified atom stereocenters. The number of hydrogen-bond donors (Lipinski definition) is 1. The van der Waals surface area contributed by atoms with E-state index in [1.807, 2.05) is 31.2 Å². The van der Waals surface area contributed by atoms with Crippen molar-refractivity contribution in [2.75, 3.05) is 5.32 Å². The first-order chi connectivity index (χ1) is 10.1. The molecule has 1 heterocycles. The maximum absolute atomic E-state index is 13.7. The zero-order valence-corrected chi connectivity index (χ0v) is 12.7. The SMILES string of the molecule is Cc1ccc(F)c(NC(=O)c2sc3ccccc3c2Cl)c1. The summed E-state index contributed by atoms with van der Waals surface area (Å²) >= 11 is 7.54. The largest absolute Gasteiger partial charge is 0.319 e. The lowest BCUT2D eigenvalue weighted by molar-refractivity contribution is 0.103. The van der Waals surface area contributed by atoms with Gasteiger partial charge in [0.15, 0.2) is 0 Å². The average Bonchev–Trinajstić information content (AvgIpc) is 2.81. The predicted molar refractivity (Wildman–Crippen MR) is 85.9 cm³/mol. The van der Waals surface area contributed by atoms with Crippen LogP contribution in [0.5, 0.6) is 0 Å². The second kappa shape index (κ2) is 5.47. The van der Waals surface area contributed by atoms with Gasteiger partial charge in [-0.3, -0.25) is 4.79 Å². The van der Waals surface area contributed by atoms with Crippen LogP contribution in [-0.2, 0) is 0 Å². The molecule has 0 atom stereocenters. The van der Waals surface area contributed by atoms with Crippen LogP contribution in [0, 0.1) is 12.7 Å². The van der Waals surface area contributed by atoms with E-state index in [0.29, 0.717) is 9.90 Å². The van der Waals surface area contributed by atoms with E-state index in [1.54, 1.807) is 12.1 Å². The molecule has 106 valence electrons. The Hall–Kier alpha value is -1.91. The minimum Gasteiger partial charge on any atom is -0.319 e. The Labute approximate surface area is 130 Å². The molecule has 2 nitrogen and oxygen atoms in total. The zero-order chi connectivity index (χ0) is 15.0. The fourth-order valence-corrected chi connectivity index (χ4v) is 3.49. The molecule has 0 aliphatic rings. The van der Waals surface area contributed by atoms with Crippen LogP contribution < -0.4 is 5.32 Å². The third-order valence-corrected chi connectivity index (χ3v) is 4.79. The van der Waals surface area contributed by atoms with Crippen LogP contribution in [0.3, 0.4) is 0 Å². The normalized spacial score (nSPS) is 10.8. The smallest absolute Gasteiger partial charge is 0.267 e. The molecule has 5 heteroatoms. The number of carbonyl (C=O) groups excluding carboxylic acids is 1. The third-order valence-electron chi connectivity index (χ3n) is 3.11. The van der Waals surface area contributed by atoms with Gasteiger partial charge in [-0.1, -0.05) is 35.9 Å². The van der Waals surface area contributed by atoms with Gasteiger partial charge in [-0.15, -0.1) is 11.3 Å². The van der Waals surface area contributed by atoms with Crippen molar-refractivity contribution in [1.82, 2.24) is 0 Å². The highest BCUT2D eigenvalue weighted by atomic mass is 35.5. The van der Waals surface area contributed by atoms with E-state index in [0.717, 1.165) is 15.6 Å². The van der Waals surface area contributed by atoms with Crippen molar-refractivity contribution in [3.8, 4) is 0 Å². The lowest BCUT2D eigenvalue weighted by Crippen LogP contribution is -2.12. The quantitative estimate of drug-likeness (QED) is 0.686. The van der Waals surface area contributed by atoms with Crippen molar-refractivity contribution in [3.05, 3.63) is 63.7 Å². The summed E-state index contributed by atoms with van der Waals surface area (Å²) in [6, 6.07) is 12.1. The number of halogens is 2. The number of benzene rings is 2. The fraction of sp³-hybridized carbons (Fsp3) is 0.0625. The Bertz CT molecular complexity index is 843. The highest BCUT2D eigenvalue weighted by Crippen LogP contribution is 2.35. The molecule has 1 amide bonds. The molecule has 0 aliphatic carbocycles. The molecule has 0 spiro atoms. The van der Waals surface area contributed by atoms with Gasteiger partial charge in [0.1, 0.15) is 10.7 Å². The minimum atomic E-state index is -0.466. The third kappa shape index (κ3) is 2.64. The topological polar surface area (TPSA) is 29.1 Å². The highest BCUT2D eigenvalue weighted by molar-refractivity contribution is 7.21. The van der Waals surface area contributed by atoms with Gasteiger partial charge in [-0.2, -0.15) is 0 Å². The van der Waals surface area contributed by atoms with Crippen LogP contribution in [0.15, 0.2) is 42.5 Å². The maximum atomic E-state index is 13.7. The summed E-state index contributed by atoms with van der Waals surface area (Å²) in [7, 11) is 0. The van der Waals surface area contributed by atoms with Crippen LogP contribution in [0.4, 0.5) is 10.1 Å². The molecule has 0 aliphatic heterocycles. The minimum absolute atomic E-state index is 0.161. The Morgan fingerprint density at radius 1 is 1.24 bits per heavy atom. The van der Waals surface area contributed by atoms with Gasteiger partial charge in [0.05, 0.1) is 10.7 Å². The zero-order valence-electron chi connectivity index (χ0n) is 11.1. The van der Waals surface area contributed by atoms with Crippen molar-refractivity contribution < 1.29 is 9.18 Å². The first-order valence-electron chi connectivity index (χ1n) is 6.31. The van der Waals surface area contributed by atoms with Gasteiger partial charge in [0.25, 0.3) is 5.91 Å². The molecule has 3 rings (SSSR count). The first-order valence-corrected chi connectivity index (χ1v) is 7.50. The number of thiophene rings is 1. The second-order valence-corrected chi connectivity index (χ2v) is 6.11. The van der Waals surface area contributed by atoms with Crippen molar-refractivity contribution in [3.63, 3.8) is 0 Å². The summed E-state index contributed by atoms with van der Waals surface area (Å²) in [6.45, 7) is 1.83. The van der Waals surface area contributed by atoms with Crippen molar-refractivity contribution in [1.29, 1.82) is 0 Å². The number of anilines is 1. The summed E-state index contributed by atoms with van der Waals surface area (Å²) in [5.41, 5.74) is 1.03. The van der Waals surface area contributed by atoms with Gasteiger partial charge in [0.2, 0.25) is 0 Å². The molecule has 21 heavy (non-hydrogen) atoms. The van der Waals surface area contributed by atoms with Crippen LogP contribution in [0.2, 0.25) is 5.02 Å². The summed E-state index contributed by atoms with van der Waals surface area (Å²) < 4.78 is 14.6. The second-order valence-electron chi connectivity index (χ2n) is 4.68. The lowest BCUT2D eigenvalue weighted by Gasteiger charge is -2.06. The summed E-state index contributed by atoms with van der Waals surface area (Å²) in [5.74, 6) is -0.864. The number of rotatable bonds is 2. The molecule has 0 bridgehead atoms. The number of fused-ring (bicyclic) bond motifs is 1. The Balaban J connectivity index is 1.97. The molecule has 0 radical (unpaired) electrons. The van der Waals surface area contributed by atoms with Gasteiger partial charge in [0, 0.05) is 10.1 Å². The molecule has 0 saturated heterocycles. The van der Waals surface area contributed by atoms with E-state index in [-0.39, 0.29) is 5.69 Å². The van der Waals surface area contributed by atoms with E-state index < -0.39 is 11.7 Å². The van der Waals surface area contributed by atoms with Gasteiger partial charge in [-0.05, 0) is 30.7 Å². The molecule has 1 N–H and O–H groups in total. The van der Waals surface area contributed by atoms with Crippen molar-refractivity contribution in [2.45, 2.75) is 6.92 Å². The molecular formula is C16H11ClFNOS. The molecule has 1 aromatic heterocycles. The molecule has 2 aromatic carbocycles. The van der Waals surface area contributed by atoms with Gasteiger partial charge < -0.3 is 5.32 Å². The Kier molecular flexibility index (Phi) is 3.66. The highest BCUT2D eigenvalue weighted by Gasteiger charge is 2.18. The summed E-state index contributed by atoms with van der Waals surface area (Å²) in [4.78, 5) is 12.7. The molecule has 0 saturated carbocycles. The number of hydrogen-bond acceptors (Lipinski definition) is 2. The van der Waals surface area contributed by atoms with Crippen LogP contribution in [0.1, 0.15) is 15.2 Å². The summed E-state index contributed by atoms with van der Waals surface area (Å²) in [5, 5.41) is 3.82. The maximum Gasteiger partial charge on any atom is 0.267 e. The standard InChI is InChI=1S/C16H11ClFNOS/c1-9-6-7-11(18)12(8-9)19-16(20)15-14(17)10-4-2-3-5-13(10)21-15/h2-8H,1H3,(H,19,20). The van der Waals surface area contributed by atoms with Crippen molar-refractivity contribution >= 4 is 44.6 Å². The van der Waals surface area contributed by atoms with Gasteiger partial charge >= 0.3 is 0 Å². The average molecular weight is 320 g/mol. The fourth-order valence-electron chi connectivity index (χ4n) is 2.07. The monoisotopic (exact) mass is 319 g/mol. The Morgan fingerprint density at radius 2 is 2.00 bits per heavy atom.